The second-order valence-corrected chi connectivity index (χ2v) is 6.50. The lowest BCUT2D eigenvalue weighted by atomic mass is 9.87. The number of aliphatic hydroxyl groups is 1. The molecule has 0 amide bonds. The molecular weight excluding hydrogens is 314 g/mol. The second-order valence-electron chi connectivity index (χ2n) is 5.20. The molecule has 0 spiro atoms. The van der Waals surface area contributed by atoms with E-state index < -0.39 is 0 Å². The van der Waals surface area contributed by atoms with Crippen molar-refractivity contribution in [2.45, 2.75) is 32.2 Å². The van der Waals surface area contributed by atoms with E-state index in [4.69, 9.17) is 11.6 Å². The first-order valence-corrected chi connectivity index (χ1v) is 7.58. The van der Waals surface area contributed by atoms with Crippen LogP contribution in [0.4, 0.5) is 0 Å². The average Bonchev–Trinajstić information content (AvgIpc) is 2.83. The van der Waals surface area contributed by atoms with Crippen LogP contribution in [0.5, 0.6) is 0 Å². The van der Waals surface area contributed by atoms with E-state index in [0.29, 0.717) is 0 Å². The number of nitrogens with one attached hydrogen (secondary N) is 1. The monoisotopic (exact) mass is 331 g/mol. The highest BCUT2D eigenvalue weighted by Gasteiger charge is 2.32. The predicted molar refractivity (Wildman–Crippen MR) is 78.8 cm³/mol. The molecule has 0 aliphatic heterocycles. The van der Waals surface area contributed by atoms with Crippen LogP contribution in [0.15, 0.2) is 22.7 Å². The van der Waals surface area contributed by atoms with E-state index in [-0.39, 0.29) is 12.0 Å². The van der Waals surface area contributed by atoms with Crippen LogP contribution in [-0.4, -0.2) is 18.3 Å². The molecule has 1 aliphatic rings. The molecule has 100 valence electrons. The SMILES string of the molecule is OCC1(CNCc2cc(Cl)ccc2Br)CCCC1. The number of hydrogen-bond donors (Lipinski definition) is 2. The van der Waals surface area contributed by atoms with Gasteiger partial charge >= 0.3 is 0 Å². The molecule has 0 atom stereocenters. The number of rotatable bonds is 5. The molecule has 18 heavy (non-hydrogen) atoms. The third kappa shape index (κ3) is 3.47. The van der Waals surface area contributed by atoms with E-state index in [1.54, 1.807) is 0 Å². The Morgan fingerprint density at radius 2 is 2.06 bits per heavy atom. The molecule has 1 aliphatic carbocycles. The molecule has 0 bridgehead atoms. The molecular formula is C14H19BrClNO. The molecule has 0 radical (unpaired) electrons. The maximum atomic E-state index is 9.54. The van der Waals surface area contributed by atoms with Crippen LogP contribution in [0.3, 0.4) is 0 Å². The van der Waals surface area contributed by atoms with Crippen LogP contribution in [0.2, 0.25) is 5.02 Å². The molecule has 0 heterocycles. The lowest BCUT2D eigenvalue weighted by Crippen LogP contribution is -2.34. The van der Waals surface area contributed by atoms with Crippen molar-refractivity contribution in [2.24, 2.45) is 5.41 Å². The summed E-state index contributed by atoms with van der Waals surface area (Å²) in [6, 6.07) is 5.82. The van der Waals surface area contributed by atoms with Crippen LogP contribution >= 0.6 is 27.5 Å². The molecule has 1 saturated carbocycles. The summed E-state index contributed by atoms with van der Waals surface area (Å²) in [5.41, 5.74) is 1.26. The van der Waals surface area contributed by atoms with E-state index in [9.17, 15) is 5.11 Å². The Labute approximate surface area is 122 Å². The lowest BCUT2D eigenvalue weighted by Gasteiger charge is -2.26. The van der Waals surface area contributed by atoms with Crippen molar-refractivity contribution >= 4 is 27.5 Å². The molecule has 2 rings (SSSR count). The summed E-state index contributed by atoms with van der Waals surface area (Å²) >= 11 is 9.52. The second kappa shape index (κ2) is 6.38. The minimum absolute atomic E-state index is 0.102. The molecule has 0 unspecified atom stereocenters. The van der Waals surface area contributed by atoms with Crippen molar-refractivity contribution in [1.29, 1.82) is 0 Å². The molecule has 1 aromatic carbocycles. The third-order valence-electron chi connectivity index (χ3n) is 3.82. The third-order valence-corrected chi connectivity index (χ3v) is 4.83. The maximum Gasteiger partial charge on any atom is 0.0499 e. The normalized spacial score (nSPS) is 18.2. The van der Waals surface area contributed by atoms with Crippen molar-refractivity contribution in [2.75, 3.05) is 13.2 Å². The Hall–Kier alpha value is -0.0900. The Kier molecular flexibility index (Phi) is 5.07. The fourth-order valence-corrected chi connectivity index (χ4v) is 3.24. The van der Waals surface area contributed by atoms with E-state index in [2.05, 4.69) is 21.2 Å². The van der Waals surface area contributed by atoms with Gasteiger partial charge in [-0.05, 0) is 36.6 Å². The highest BCUT2D eigenvalue weighted by molar-refractivity contribution is 9.10. The van der Waals surface area contributed by atoms with Gasteiger partial charge in [0.25, 0.3) is 0 Å². The summed E-state index contributed by atoms with van der Waals surface area (Å²) < 4.78 is 1.07. The number of aliphatic hydroxyl groups excluding tert-OH is 1. The molecule has 2 N–H and O–H groups in total. The van der Waals surface area contributed by atoms with Gasteiger partial charge in [-0.3, -0.25) is 0 Å². The zero-order valence-corrected chi connectivity index (χ0v) is 12.7. The first kappa shape index (κ1) is 14.3. The van der Waals surface area contributed by atoms with Gasteiger partial charge in [-0.2, -0.15) is 0 Å². The van der Waals surface area contributed by atoms with Gasteiger partial charge in [0.2, 0.25) is 0 Å². The van der Waals surface area contributed by atoms with Crippen molar-refractivity contribution in [3.05, 3.63) is 33.3 Å². The Morgan fingerprint density at radius 3 is 2.72 bits per heavy atom. The number of benzene rings is 1. The van der Waals surface area contributed by atoms with Gasteiger partial charge in [0.15, 0.2) is 0 Å². The molecule has 2 nitrogen and oxygen atoms in total. The standard InChI is InChI=1S/C14H19BrClNO/c15-13-4-3-12(16)7-11(13)8-17-9-14(10-18)5-1-2-6-14/h3-4,7,17-18H,1-2,5-6,8-10H2. The Balaban J connectivity index is 1.89. The van der Waals surface area contributed by atoms with Gasteiger partial charge < -0.3 is 10.4 Å². The summed E-state index contributed by atoms with van der Waals surface area (Å²) in [6.07, 6.45) is 4.74. The summed E-state index contributed by atoms with van der Waals surface area (Å²) in [5, 5.41) is 13.8. The number of hydrogen-bond acceptors (Lipinski definition) is 2. The quantitative estimate of drug-likeness (QED) is 0.861. The van der Waals surface area contributed by atoms with E-state index in [1.165, 1.54) is 12.8 Å². The highest BCUT2D eigenvalue weighted by Crippen LogP contribution is 2.37. The molecule has 0 saturated heterocycles. The summed E-state index contributed by atoms with van der Waals surface area (Å²) in [7, 11) is 0. The van der Waals surface area contributed by atoms with Crippen molar-refractivity contribution < 1.29 is 5.11 Å². The lowest BCUT2D eigenvalue weighted by molar-refractivity contribution is 0.128. The Bertz CT molecular complexity index is 405. The van der Waals surface area contributed by atoms with Gasteiger partial charge in [0, 0.05) is 34.6 Å². The predicted octanol–water partition coefficient (Wildman–Crippen LogP) is 3.74. The largest absolute Gasteiger partial charge is 0.396 e. The van der Waals surface area contributed by atoms with Crippen LogP contribution in [-0.2, 0) is 6.54 Å². The summed E-state index contributed by atoms with van der Waals surface area (Å²) in [4.78, 5) is 0. The Morgan fingerprint density at radius 1 is 1.33 bits per heavy atom. The highest BCUT2D eigenvalue weighted by atomic mass is 79.9. The van der Waals surface area contributed by atoms with Gasteiger partial charge in [0.1, 0.15) is 0 Å². The zero-order valence-electron chi connectivity index (χ0n) is 10.4. The molecule has 1 aromatic rings. The maximum absolute atomic E-state index is 9.54. The summed E-state index contributed by atoms with van der Waals surface area (Å²) in [6.45, 7) is 1.95. The van der Waals surface area contributed by atoms with Gasteiger partial charge in [-0.15, -0.1) is 0 Å². The van der Waals surface area contributed by atoms with Crippen LogP contribution in [0, 0.1) is 5.41 Å². The van der Waals surface area contributed by atoms with Crippen LogP contribution in [0.25, 0.3) is 0 Å². The minimum Gasteiger partial charge on any atom is -0.396 e. The molecule has 1 fully saturated rings. The van der Waals surface area contributed by atoms with Gasteiger partial charge in [0.05, 0.1) is 0 Å². The fraction of sp³-hybridized carbons (Fsp3) is 0.571. The average molecular weight is 333 g/mol. The van der Waals surface area contributed by atoms with Gasteiger partial charge in [-0.1, -0.05) is 40.4 Å². The molecule has 4 heteroatoms. The fourth-order valence-electron chi connectivity index (χ4n) is 2.66. The summed E-state index contributed by atoms with van der Waals surface area (Å²) in [5.74, 6) is 0. The first-order chi connectivity index (χ1) is 8.65. The van der Waals surface area contributed by atoms with Crippen molar-refractivity contribution in [1.82, 2.24) is 5.32 Å². The van der Waals surface area contributed by atoms with Gasteiger partial charge in [-0.25, -0.2) is 0 Å². The number of halogens is 2. The topological polar surface area (TPSA) is 32.3 Å². The van der Waals surface area contributed by atoms with Crippen molar-refractivity contribution in [3.8, 4) is 0 Å². The van der Waals surface area contributed by atoms with E-state index in [0.717, 1.165) is 41.0 Å². The van der Waals surface area contributed by atoms with E-state index in [1.807, 2.05) is 18.2 Å². The zero-order chi connectivity index (χ0) is 13.0. The minimum atomic E-state index is 0.102. The smallest absolute Gasteiger partial charge is 0.0499 e. The van der Waals surface area contributed by atoms with E-state index >= 15 is 0 Å². The first-order valence-electron chi connectivity index (χ1n) is 6.41. The molecule has 0 aromatic heterocycles. The van der Waals surface area contributed by atoms with Crippen LogP contribution < -0.4 is 5.32 Å². The van der Waals surface area contributed by atoms with Crippen LogP contribution in [0.1, 0.15) is 31.2 Å². The van der Waals surface area contributed by atoms with Crippen molar-refractivity contribution in [3.63, 3.8) is 0 Å².